The fraction of sp³-hybridized carbons (Fsp3) is 0.321. The van der Waals surface area contributed by atoms with Crippen molar-refractivity contribution in [3.05, 3.63) is 83.4 Å². The summed E-state index contributed by atoms with van der Waals surface area (Å²) in [5, 5.41) is 13.1. The van der Waals surface area contributed by atoms with Crippen LogP contribution in [0.4, 0.5) is 11.4 Å². The van der Waals surface area contributed by atoms with Gasteiger partial charge in [0.2, 0.25) is 5.91 Å². The number of aliphatic hydroxyl groups is 1. The third kappa shape index (κ3) is 6.60. The van der Waals surface area contributed by atoms with Crippen LogP contribution in [-0.4, -0.2) is 61.9 Å². The van der Waals surface area contributed by atoms with Crippen molar-refractivity contribution < 1.29 is 14.6 Å². The van der Waals surface area contributed by atoms with Crippen LogP contribution in [0.25, 0.3) is 0 Å². The summed E-state index contributed by atoms with van der Waals surface area (Å²) in [5.74, 6) is -0.134. The number of carbonyl (C=O) groups excluding carboxylic acids is 1. The molecule has 1 aliphatic heterocycles. The zero-order valence-corrected chi connectivity index (χ0v) is 22.0. The molecule has 3 aromatic rings. The van der Waals surface area contributed by atoms with Gasteiger partial charge in [-0.3, -0.25) is 9.69 Å². The van der Waals surface area contributed by atoms with Gasteiger partial charge in [0, 0.05) is 41.1 Å². The predicted octanol–water partition coefficient (Wildman–Crippen LogP) is 4.96. The minimum absolute atomic E-state index is 0.0683. The van der Waals surface area contributed by atoms with Gasteiger partial charge in [0.15, 0.2) is 0 Å². The highest BCUT2D eigenvalue weighted by atomic mass is 35.5. The second-order valence-electron chi connectivity index (χ2n) is 8.62. The highest BCUT2D eigenvalue weighted by Gasteiger charge is 2.24. The van der Waals surface area contributed by atoms with E-state index in [1.165, 1.54) is 21.2 Å². The van der Waals surface area contributed by atoms with Crippen LogP contribution in [-0.2, 0) is 16.1 Å². The van der Waals surface area contributed by atoms with E-state index < -0.39 is 6.04 Å². The minimum Gasteiger partial charge on any atom is -0.396 e. The van der Waals surface area contributed by atoms with E-state index in [1.54, 1.807) is 17.8 Å². The lowest BCUT2D eigenvalue weighted by atomic mass is 10.1. The monoisotopic (exact) mass is 525 g/mol. The number of nitrogens with zero attached hydrogens (tertiary/aromatic N) is 2. The van der Waals surface area contributed by atoms with Crippen molar-refractivity contribution in [2.75, 3.05) is 44.9 Å². The van der Waals surface area contributed by atoms with Crippen molar-refractivity contribution in [2.45, 2.75) is 28.8 Å². The number of ether oxygens (including phenoxy) is 1. The third-order valence-corrected chi connectivity index (χ3v) is 7.73. The number of carbonyl (C=O) groups is 1. The van der Waals surface area contributed by atoms with Gasteiger partial charge in [-0.25, -0.2) is 0 Å². The molecule has 1 heterocycles. The van der Waals surface area contributed by atoms with Gasteiger partial charge >= 0.3 is 0 Å². The number of fused-ring (bicyclic) bond motifs is 2. The summed E-state index contributed by atoms with van der Waals surface area (Å²) in [5.41, 5.74) is 3.25. The Morgan fingerprint density at radius 3 is 2.33 bits per heavy atom. The summed E-state index contributed by atoms with van der Waals surface area (Å²) < 4.78 is 5.99. The molecule has 1 unspecified atom stereocenters. The van der Waals surface area contributed by atoms with Gasteiger partial charge < -0.3 is 20.1 Å². The first kappa shape index (κ1) is 26.5. The lowest BCUT2D eigenvalue weighted by molar-refractivity contribution is -0.127. The maximum Gasteiger partial charge on any atom is 0.237 e. The van der Waals surface area contributed by atoms with Gasteiger partial charge in [-0.1, -0.05) is 65.8 Å². The number of aliphatic hydroxyl groups excluding tert-OH is 1. The average molecular weight is 526 g/mol. The van der Waals surface area contributed by atoms with E-state index in [0.717, 1.165) is 12.1 Å². The third-order valence-electron chi connectivity index (χ3n) is 6.23. The normalized spacial score (nSPS) is 13.3. The molecule has 8 heteroatoms. The Morgan fingerprint density at radius 1 is 1.03 bits per heavy atom. The first-order valence-electron chi connectivity index (χ1n) is 12.1. The number of hydrogen-bond donors (Lipinski definition) is 2. The van der Waals surface area contributed by atoms with Crippen LogP contribution in [0.15, 0.2) is 82.6 Å². The van der Waals surface area contributed by atoms with Gasteiger partial charge in [-0.05, 0) is 49.4 Å². The summed E-state index contributed by atoms with van der Waals surface area (Å²) in [4.78, 5) is 19.6. The van der Waals surface area contributed by atoms with Crippen molar-refractivity contribution in [3.63, 3.8) is 0 Å². The molecule has 0 aliphatic carbocycles. The fourth-order valence-corrected chi connectivity index (χ4v) is 5.56. The minimum atomic E-state index is -0.445. The molecule has 36 heavy (non-hydrogen) atoms. The zero-order chi connectivity index (χ0) is 25.3. The molecule has 0 radical (unpaired) electrons. The van der Waals surface area contributed by atoms with Crippen molar-refractivity contribution in [2.24, 2.45) is 0 Å². The van der Waals surface area contributed by atoms with Crippen LogP contribution in [0, 0.1) is 0 Å². The number of benzene rings is 3. The molecule has 1 atom stereocenters. The van der Waals surface area contributed by atoms with Crippen LogP contribution in [0.2, 0.25) is 5.02 Å². The molecule has 1 aliphatic rings. The van der Waals surface area contributed by atoms with E-state index in [2.05, 4.69) is 58.7 Å². The largest absolute Gasteiger partial charge is 0.396 e. The van der Waals surface area contributed by atoms with Gasteiger partial charge in [0.05, 0.1) is 30.6 Å². The van der Waals surface area contributed by atoms with E-state index in [4.69, 9.17) is 16.3 Å². The molecule has 190 valence electrons. The number of likely N-dealkylation sites (N-methyl/N-ethyl adjacent to an activating group) is 1. The molecule has 0 aromatic heterocycles. The Bertz CT molecular complexity index is 1120. The Labute approximate surface area is 222 Å². The number of para-hydroxylation sites is 2. The molecule has 0 spiro atoms. The van der Waals surface area contributed by atoms with E-state index in [-0.39, 0.29) is 12.5 Å². The molecular weight excluding hydrogens is 494 g/mol. The van der Waals surface area contributed by atoms with Crippen LogP contribution in [0.5, 0.6) is 0 Å². The van der Waals surface area contributed by atoms with E-state index in [9.17, 15) is 9.90 Å². The lowest BCUT2D eigenvalue weighted by Gasteiger charge is -2.32. The van der Waals surface area contributed by atoms with Gasteiger partial charge in [-0.2, -0.15) is 0 Å². The molecular formula is C28H32ClN3O3S. The van der Waals surface area contributed by atoms with Gasteiger partial charge in [0.1, 0.15) is 0 Å². The first-order valence-corrected chi connectivity index (χ1v) is 13.3. The number of hydrogen-bond acceptors (Lipinski definition) is 6. The molecule has 6 nitrogen and oxygen atoms in total. The van der Waals surface area contributed by atoms with Crippen molar-refractivity contribution in [1.29, 1.82) is 0 Å². The number of rotatable bonds is 12. The number of anilines is 2. The van der Waals surface area contributed by atoms with Crippen molar-refractivity contribution in [3.8, 4) is 0 Å². The summed E-state index contributed by atoms with van der Waals surface area (Å²) in [6.07, 6.45) is 0.351. The van der Waals surface area contributed by atoms with Crippen LogP contribution >= 0.6 is 23.4 Å². The molecule has 3 aromatic carbocycles. The quantitative estimate of drug-likeness (QED) is 0.326. The lowest BCUT2D eigenvalue weighted by Crippen LogP contribution is -2.46. The second-order valence-corrected chi connectivity index (χ2v) is 10.1. The molecule has 4 rings (SSSR count). The van der Waals surface area contributed by atoms with Gasteiger partial charge in [-0.15, -0.1) is 0 Å². The fourth-order valence-electron chi connectivity index (χ4n) is 4.26. The SMILES string of the molecule is CN(CCOCCN1c2ccccc2Sc2ccccc21)C(CCO)C(=O)NCc1ccccc1Cl. The number of amides is 1. The second kappa shape index (κ2) is 13.1. The van der Waals surface area contributed by atoms with Crippen LogP contribution < -0.4 is 10.2 Å². The Kier molecular flexibility index (Phi) is 9.67. The molecule has 0 fully saturated rings. The number of nitrogens with one attached hydrogen (secondary N) is 1. The zero-order valence-electron chi connectivity index (χ0n) is 20.4. The predicted molar refractivity (Wildman–Crippen MR) is 146 cm³/mol. The van der Waals surface area contributed by atoms with E-state index >= 15 is 0 Å². The Hall–Kier alpha value is -2.55. The summed E-state index contributed by atoms with van der Waals surface area (Å²) in [7, 11) is 1.88. The Morgan fingerprint density at radius 2 is 1.67 bits per heavy atom. The van der Waals surface area contributed by atoms with E-state index in [0.29, 0.717) is 37.7 Å². The van der Waals surface area contributed by atoms with Crippen molar-refractivity contribution >= 4 is 40.6 Å². The van der Waals surface area contributed by atoms with Crippen LogP contribution in [0.1, 0.15) is 12.0 Å². The van der Waals surface area contributed by atoms with Gasteiger partial charge in [0.25, 0.3) is 0 Å². The summed E-state index contributed by atoms with van der Waals surface area (Å²) in [6, 6.07) is 23.8. The summed E-state index contributed by atoms with van der Waals surface area (Å²) in [6.45, 7) is 2.64. The number of halogens is 1. The Balaban J connectivity index is 1.27. The molecule has 2 N–H and O–H groups in total. The smallest absolute Gasteiger partial charge is 0.237 e. The molecule has 0 saturated carbocycles. The molecule has 1 amide bonds. The summed E-state index contributed by atoms with van der Waals surface area (Å²) >= 11 is 7.99. The topological polar surface area (TPSA) is 65.0 Å². The maximum atomic E-state index is 12.8. The van der Waals surface area contributed by atoms with E-state index in [1.807, 2.05) is 30.1 Å². The first-order chi connectivity index (χ1) is 17.6. The maximum absolute atomic E-state index is 12.8. The average Bonchev–Trinajstić information content (AvgIpc) is 2.90. The highest BCUT2D eigenvalue weighted by Crippen LogP contribution is 2.47. The highest BCUT2D eigenvalue weighted by molar-refractivity contribution is 7.99. The molecule has 0 bridgehead atoms. The molecule has 0 saturated heterocycles. The van der Waals surface area contributed by atoms with Crippen molar-refractivity contribution in [1.82, 2.24) is 10.2 Å². The standard InChI is InChI=1S/C28H32ClN3O3S/c1-31(25(14-17-33)28(34)30-20-21-8-2-3-9-22(21)29)15-18-35-19-16-32-23-10-4-6-12-26(23)36-27-13-7-5-11-24(27)32/h2-13,25,33H,14-20H2,1H3,(H,30,34). The van der Waals surface area contributed by atoms with Crippen LogP contribution in [0.3, 0.4) is 0 Å².